The normalized spacial score (nSPS) is 20.9. The largest absolute Gasteiger partial charge is 0.506 e. The van der Waals surface area contributed by atoms with Crippen molar-refractivity contribution < 1.29 is 19.4 Å². The summed E-state index contributed by atoms with van der Waals surface area (Å²) in [7, 11) is 1.63. The summed E-state index contributed by atoms with van der Waals surface area (Å²) in [5.74, 6) is 0.714. The number of amides is 2. The van der Waals surface area contributed by atoms with Crippen molar-refractivity contribution in [2.24, 2.45) is 5.92 Å². The van der Waals surface area contributed by atoms with Crippen molar-refractivity contribution in [3.8, 4) is 11.5 Å². The Balaban J connectivity index is 1.51. The van der Waals surface area contributed by atoms with Crippen molar-refractivity contribution in [1.29, 1.82) is 0 Å². The van der Waals surface area contributed by atoms with Gasteiger partial charge in [0.1, 0.15) is 11.5 Å². The molecule has 0 spiro atoms. The highest BCUT2D eigenvalue weighted by Crippen LogP contribution is 2.40. The Morgan fingerprint density at radius 1 is 1.06 bits per heavy atom. The Hall–Kier alpha value is -3.22. The quantitative estimate of drug-likeness (QED) is 0.698. The SMILES string of the molecule is CCCCN1C(=O)CC(C(=O)N2CCN(c3ccccc3O)CC2)C1c1ccc(OC)cc1. The molecule has 7 nitrogen and oxygen atoms in total. The van der Waals surface area contributed by atoms with E-state index in [4.69, 9.17) is 4.74 Å². The van der Waals surface area contributed by atoms with Crippen LogP contribution in [0.25, 0.3) is 0 Å². The molecule has 0 aromatic heterocycles. The zero-order valence-corrected chi connectivity index (χ0v) is 19.4. The van der Waals surface area contributed by atoms with E-state index < -0.39 is 0 Å². The van der Waals surface area contributed by atoms with Crippen molar-refractivity contribution in [2.45, 2.75) is 32.2 Å². The van der Waals surface area contributed by atoms with Crippen molar-refractivity contribution in [2.75, 3.05) is 44.7 Å². The van der Waals surface area contributed by atoms with Crippen molar-refractivity contribution in [3.05, 3.63) is 54.1 Å². The van der Waals surface area contributed by atoms with Gasteiger partial charge in [-0.1, -0.05) is 37.6 Å². The first-order valence-corrected chi connectivity index (χ1v) is 11.8. The van der Waals surface area contributed by atoms with Gasteiger partial charge in [0.15, 0.2) is 0 Å². The number of unbranched alkanes of at least 4 members (excludes halogenated alkanes) is 1. The molecule has 2 aromatic rings. The average molecular weight is 452 g/mol. The summed E-state index contributed by atoms with van der Waals surface area (Å²) in [6.07, 6.45) is 2.16. The minimum Gasteiger partial charge on any atom is -0.506 e. The highest BCUT2D eigenvalue weighted by atomic mass is 16.5. The topological polar surface area (TPSA) is 73.3 Å². The van der Waals surface area contributed by atoms with Crippen LogP contribution in [0.2, 0.25) is 0 Å². The van der Waals surface area contributed by atoms with E-state index in [-0.39, 0.29) is 35.9 Å². The van der Waals surface area contributed by atoms with E-state index in [2.05, 4.69) is 11.8 Å². The van der Waals surface area contributed by atoms with Crippen molar-refractivity contribution in [3.63, 3.8) is 0 Å². The highest BCUT2D eigenvalue weighted by Gasteiger charge is 2.45. The molecule has 2 aromatic carbocycles. The molecular formula is C26H33N3O4. The van der Waals surface area contributed by atoms with Gasteiger partial charge in [0.05, 0.1) is 24.8 Å². The van der Waals surface area contributed by atoms with Gasteiger partial charge in [0.2, 0.25) is 11.8 Å². The molecule has 0 saturated carbocycles. The van der Waals surface area contributed by atoms with Gasteiger partial charge in [-0.3, -0.25) is 9.59 Å². The minimum atomic E-state index is -0.389. The number of phenolic OH excluding ortho intramolecular Hbond substituents is 1. The summed E-state index contributed by atoms with van der Waals surface area (Å²) in [5.41, 5.74) is 1.77. The van der Waals surface area contributed by atoms with Gasteiger partial charge < -0.3 is 24.5 Å². The third-order valence-electron chi connectivity index (χ3n) is 6.77. The average Bonchev–Trinajstić information content (AvgIpc) is 3.18. The fourth-order valence-electron chi connectivity index (χ4n) is 4.95. The number of methoxy groups -OCH3 is 1. The Labute approximate surface area is 195 Å². The number of hydrogen-bond acceptors (Lipinski definition) is 5. The second kappa shape index (κ2) is 10.1. The maximum atomic E-state index is 13.6. The van der Waals surface area contributed by atoms with Crippen LogP contribution in [0.1, 0.15) is 37.8 Å². The molecule has 2 aliphatic heterocycles. The summed E-state index contributed by atoms with van der Waals surface area (Å²) in [6.45, 7) is 5.21. The summed E-state index contributed by atoms with van der Waals surface area (Å²) < 4.78 is 5.29. The zero-order chi connectivity index (χ0) is 23.4. The predicted molar refractivity (Wildman–Crippen MR) is 127 cm³/mol. The molecule has 0 aliphatic carbocycles. The molecule has 2 saturated heterocycles. The first kappa shape index (κ1) is 23.0. The fraction of sp³-hybridized carbons (Fsp3) is 0.462. The number of piperazine rings is 1. The van der Waals surface area contributed by atoms with Crippen LogP contribution in [-0.4, -0.2) is 66.6 Å². The molecule has 0 radical (unpaired) electrons. The van der Waals surface area contributed by atoms with Crippen LogP contribution < -0.4 is 9.64 Å². The lowest BCUT2D eigenvalue weighted by Gasteiger charge is -2.38. The number of likely N-dealkylation sites (tertiary alicyclic amines) is 1. The molecular weight excluding hydrogens is 418 g/mol. The van der Waals surface area contributed by atoms with Gasteiger partial charge >= 0.3 is 0 Å². The van der Waals surface area contributed by atoms with Crippen LogP contribution in [0.5, 0.6) is 11.5 Å². The second-order valence-corrected chi connectivity index (χ2v) is 8.77. The van der Waals surface area contributed by atoms with Crippen LogP contribution >= 0.6 is 0 Å². The molecule has 0 bridgehead atoms. The molecule has 2 amide bonds. The number of phenols is 1. The van der Waals surface area contributed by atoms with Crippen LogP contribution in [0.3, 0.4) is 0 Å². The summed E-state index contributed by atoms with van der Waals surface area (Å²) in [5, 5.41) is 10.2. The number of aromatic hydroxyl groups is 1. The molecule has 2 atom stereocenters. The lowest BCUT2D eigenvalue weighted by molar-refractivity contribution is -0.136. The molecule has 2 fully saturated rings. The van der Waals surface area contributed by atoms with E-state index in [0.29, 0.717) is 32.7 Å². The van der Waals surface area contributed by atoms with Gasteiger partial charge in [-0.15, -0.1) is 0 Å². The molecule has 7 heteroatoms. The number of carbonyl (C=O) groups is 2. The lowest BCUT2D eigenvalue weighted by Crippen LogP contribution is -2.51. The van der Waals surface area contributed by atoms with E-state index in [1.54, 1.807) is 19.2 Å². The molecule has 2 unspecified atom stereocenters. The third-order valence-corrected chi connectivity index (χ3v) is 6.77. The Kier molecular flexibility index (Phi) is 7.06. The van der Waals surface area contributed by atoms with E-state index in [9.17, 15) is 14.7 Å². The summed E-state index contributed by atoms with van der Waals surface area (Å²) >= 11 is 0. The number of rotatable bonds is 7. The number of carbonyl (C=O) groups excluding carboxylic acids is 2. The zero-order valence-electron chi connectivity index (χ0n) is 19.4. The molecule has 4 rings (SSSR count). The maximum Gasteiger partial charge on any atom is 0.228 e. The first-order chi connectivity index (χ1) is 16.0. The Bertz CT molecular complexity index is 970. The molecule has 33 heavy (non-hydrogen) atoms. The fourth-order valence-corrected chi connectivity index (χ4v) is 4.95. The van der Waals surface area contributed by atoms with E-state index in [1.807, 2.05) is 46.2 Å². The molecule has 2 heterocycles. The summed E-state index contributed by atoms with van der Waals surface area (Å²) in [6, 6.07) is 14.8. The minimum absolute atomic E-state index is 0.0418. The van der Waals surface area contributed by atoms with Crippen molar-refractivity contribution in [1.82, 2.24) is 9.80 Å². The second-order valence-electron chi connectivity index (χ2n) is 8.77. The van der Waals surface area contributed by atoms with Crippen LogP contribution in [0.4, 0.5) is 5.69 Å². The number of hydrogen-bond donors (Lipinski definition) is 1. The Morgan fingerprint density at radius 2 is 1.76 bits per heavy atom. The van der Waals surface area contributed by atoms with Gasteiger partial charge in [-0.05, 0) is 36.2 Å². The summed E-state index contributed by atoms with van der Waals surface area (Å²) in [4.78, 5) is 32.5. The van der Waals surface area contributed by atoms with Crippen LogP contribution in [0.15, 0.2) is 48.5 Å². The first-order valence-electron chi connectivity index (χ1n) is 11.8. The third kappa shape index (κ3) is 4.77. The number of nitrogens with zero attached hydrogens (tertiary/aromatic N) is 3. The number of benzene rings is 2. The molecule has 176 valence electrons. The van der Waals surface area contributed by atoms with Gasteiger partial charge in [0.25, 0.3) is 0 Å². The van der Waals surface area contributed by atoms with Crippen LogP contribution in [0, 0.1) is 5.92 Å². The van der Waals surface area contributed by atoms with Gasteiger partial charge in [-0.2, -0.15) is 0 Å². The monoisotopic (exact) mass is 451 g/mol. The number of para-hydroxylation sites is 2. The van der Waals surface area contributed by atoms with Gasteiger partial charge in [-0.25, -0.2) is 0 Å². The maximum absolute atomic E-state index is 13.6. The van der Waals surface area contributed by atoms with E-state index in [0.717, 1.165) is 29.8 Å². The number of ether oxygens (including phenoxy) is 1. The lowest BCUT2D eigenvalue weighted by atomic mass is 9.91. The molecule has 1 N–H and O–H groups in total. The van der Waals surface area contributed by atoms with Crippen molar-refractivity contribution >= 4 is 17.5 Å². The standard InChI is InChI=1S/C26H33N3O4/c1-3-4-13-29-24(31)18-21(25(29)19-9-11-20(33-2)12-10-19)26(32)28-16-14-27(15-17-28)22-7-5-6-8-23(22)30/h5-12,21,25,30H,3-4,13-18H2,1-2H3. The Morgan fingerprint density at radius 3 is 2.39 bits per heavy atom. The van der Waals surface area contributed by atoms with E-state index in [1.165, 1.54) is 0 Å². The van der Waals surface area contributed by atoms with Crippen LogP contribution in [-0.2, 0) is 9.59 Å². The van der Waals surface area contributed by atoms with E-state index >= 15 is 0 Å². The smallest absolute Gasteiger partial charge is 0.228 e. The highest BCUT2D eigenvalue weighted by molar-refractivity contribution is 5.90. The van der Waals surface area contributed by atoms with Gasteiger partial charge in [0, 0.05) is 39.1 Å². The molecule has 2 aliphatic rings. The number of anilines is 1. The predicted octanol–water partition coefficient (Wildman–Crippen LogP) is 3.44.